The Morgan fingerprint density at radius 1 is 1.20 bits per heavy atom. The number of aliphatic hydroxyl groups excluding tert-OH is 1. The molecule has 0 fully saturated rings. The van der Waals surface area contributed by atoms with Crippen molar-refractivity contribution >= 4 is 46.3 Å². The molecule has 1 atom stereocenters. The Balaban J connectivity index is 1.57. The van der Waals surface area contributed by atoms with Gasteiger partial charge in [-0.3, -0.25) is 14.8 Å². The van der Waals surface area contributed by atoms with E-state index < -0.39 is 0 Å². The van der Waals surface area contributed by atoms with E-state index in [4.69, 9.17) is 33.0 Å². The van der Waals surface area contributed by atoms with Crippen LogP contribution >= 0.6 is 23.2 Å². The summed E-state index contributed by atoms with van der Waals surface area (Å²) in [7, 11) is 0. The van der Waals surface area contributed by atoms with Gasteiger partial charge in [-0.25, -0.2) is 0 Å². The van der Waals surface area contributed by atoms with Crippen molar-refractivity contribution in [2.24, 2.45) is 0 Å². The van der Waals surface area contributed by atoms with Gasteiger partial charge in [-0.05, 0) is 37.3 Å². The number of hydrogen-bond acceptors (Lipinski definition) is 5. The van der Waals surface area contributed by atoms with E-state index in [1.165, 1.54) is 0 Å². The van der Waals surface area contributed by atoms with E-state index in [-0.39, 0.29) is 12.7 Å². The fourth-order valence-electron chi connectivity index (χ4n) is 3.15. The first kappa shape index (κ1) is 20.4. The Hall–Kier alpha value is -2.87. The monoisotopic (exact) mass is 443 g/mol. The molecule has 4 aromatic rings. The number of pyridine rings is 1. The van der Waals surface area contributed by atoms with E-state index in [9.17, 15) is 0 Å². The van der Waals surface area contributed by atoms with Gasteiger partial charge in [-0.2, -0.15) is 10.2 Å². The molecule has 2 N–H and O–H groups in total. The standard InChI is InChI=1S/C21H19Cl2N5O2/c1-13(21-17(22)10-24-11-18(21)23)30-15-3-5-20-16(8-15)19(26-27-20)4-2-14-9-25-28(12-14)6-7-29/h2-5,8-13,29H,6-7H2,1H3,(H,26,27)/b4-2+. The number of benzene rings is 1. The maximum absolute atomic E-state index is 9.00. The Kier molecular flexibility index (Phi) is 6.03. The van der Waals surface area contributed by atoms with E-state index in [0.29, 0.717) is 27.9 Å². The van der Waals surface area contributed by atoms with Crippen molar-refractivity contribution in [3.63, 3.8) is 0 Å². The van der Waals surface area contributed by atoms with Gasteiger partial charge in [0.2, 0.25) is 0 Å². The number of aliphatic hydroxyl groups is 1. The minimum Gasteiger partial charge on any atom is -0.486 e. The number of rotatable bonds is 7. The molecular weight excluding hydrogens is 425 g/mol. The summed E-state index contributed by atoms with van der Waals surface area (Å²) in [5, 5.41) is 22.4. The molecule has 1 aromatic carbocycles. The van der Waals surface area contributed by atoms with Gasteiger partial charge in [0.05, 0.1) is 40.6 Å². The Labute approximate surface area is 182 Å². The molecule has 0 amide bonds. The highest BCUT2D eigenvalue weighted by molar-refractivity contribution is 6.35. The van der Waals surface area contributed by atoms with E-state index in [0.717, 1.165) is 22.2 Å². The molecule has 0 aliphatic rings. The van der Waals surface area contributed by atoms with Gasteiger partial charge in [0.15, 0.2) is 0 Å². The van der Waals surface area contributed by atoms with Crippen LogP contribution in [-0.2, 0) is 6.54 Å². The Morgan fingerprint density at radius 2 is 2.00 bits per heavy atom. The highest BCUT2D eigenvalue weighted by Crippen LogP contribution is 2.33. The van der Waals surface area contributed by atoms with Crippen molar-refractivity contribution in [3.8, 4) is 5.75 Å². The SMILES string of the molecule is CC(Oc1ccc2[nH]nc(/C=C/c3cnn(CCO)c3)c2c1)c1c(Cl)cncc1Cl. The highest BCUT2D eigenvalue weighted by Gasteiger charge is 2.16. The van der Waals surface area contributed by atoms with Crippen molar-refractivity contribution in [2.75, 3.05) is 6.61 Å². The molecule has 1 unspecified atom stereocenters. The van der Waals surface area contributed by atoms with Crippen molar-refractivity contribution in [2.45, 2.75) is 19.6 Å². The fourth-order valence-corrected chi connectivity index (χ4v) is 3.82. The molecule has 0 saturated heterocycles. The molecule has 30 heavy (non-hydrogen) atoms. The van der Waals surface area contributed by atoms with Crippen LogP contribution < -0.4 is 4.74 Å². The number of fused-ring (bicyclic) bond motifs is 1. The van der Waals surface area contributed by atoms with Gasteiger partial charge in [-0.1, -0.05) is 23.2 Å². The second kappa shape index (κ2) is 8.87. The molecule has 9 heteroatoms. The average molecular weight is 444 g/mol. The number of nitrogens with one attached hydrogen (secondary N) is 1. The number of aromatic amines is 1. The average Bonchev–Trinajstić information content (AvgIpc) is 3.33. The third kappa shape index (κ3) is 4.33. The normalized spacial score (nSPS) is 12.7. The predicted molar refractivity (Wildman–Crippen MR) is 118 cm³/mol. The van der Waals surface area contributed by atoms with E-state index in [2.05, 4.69) is 20.3 Å². The summed E-state index contributed by atoms with van der Waals surface area (Å²) in [5.74, 6) is 0.672. The molecule has 0 radical (unpaired) electrons. The van der Waals surface area contributed by atoms with Crippen molar-refractivity contribution in [1.29, 1.82) is 0 Å². The topological polar surface area (TPSA) is 88.8 Å². The zero-order valence-electron chi connectivity index (χ0n) is 16.1. The molecule has 4 rings (SSSR count). The molecule has 0 bridgehead atoms. The second-order valence-electron chi connectivity index (χ2n) is 6.69. The Morgan fingerprint density at radius 3 is 2.77 bits per heavy atom. The highest BCUT2D eigenvalue weighted by atomic mass is 35.5. The summed E-state index contributed by atoms with van der Waals surface area (Å²) in [6.45, 7) is 2.40. The maximum Gasteiger partial charge on any atom is 0.124 e. The smallest absolute Gasteiger partial charge is 0.124 e. The maximum atomic E-state index is 9.00. The zero-order chi connectivity index (χ0) is 21.1. The predicted octanol–water partition coefficient (Wildman–Crippen LogP) is 4.76. The summed E-state index contributed by atoms with van der Waals surface area (Å²) < 4.78 is 7.77. The summed E-state index contributed by atoms with van der Waals surface area (Å²) >= 11 is 12.5. The number of hydrogen-bond donors (Lipinski definition) is 2. The molecule has 7 nitrogen and oxygen atoms in total. The van der Waals surface area contributed by atoms with Crippen LogP contribution in [0.2, 0.25) is 10.0 Å². The van der Waals surface area contributed by atoms with Gasteiger partial charge in [-0.15, -0.1) is 0 Å². The van der Waals surface area contributed by atoms with Crippen LogP contribution in [0.4, 0.5) is 0 Å². The van der Waals surface area contributed by atoms with Crippen LogP contribution in [0.15, 0.2) is 43.0 Å². The second-order valence-corrected chi connectivity index (χ2v) is 7.50. The first-order chi connectivity index (χ1) is 14.5. The number of H-pyrrole nitrogens is 1. The molecule has 154 valence electrons. The van der Waals surface area contributed by atoms with E-state index >= 15 is 0 Å². The lowest BCUT2D eigenvalue weighted by Crippen LogP contribution is -2.05. The summed E-state index contributed by atoms with van der Waals surface area (Å²) in [6.07, 6.45) is 10.2. The minimum atomic E-state index is -0.353. The van der Waals surface area contributed by atoms with E-state index in [1.807, 2.05) is 43.5 Å². The van der Waals surface area contributed by atoms with Crippen molar-refractivity contribution in [3.05, 3.63) is 69.9 Å². The number of ether oxygens (including phenoxy) is 1. The van der Waals surface area contributed by atoms with Crippen molar-refractivity contribution in [1.82, 2.24) is 25.0 Å². The van der Waals surface area contributed by atoms with Gasteiger partial charge >= 0.3 is 0 Å². The third-order valence-electron chi connectivity index (χ3n) is 4.59. The summed E-state index contributed by atoms with van der Waals surface area (Å²) in [4.78, 5) is 3.98. The van der Waals surface area contributed by atoms with Crippen molar-refractivity contribution < 1.29 is 9.84 Å². The first-order valence-electron chi connectivity index (χ1n) is 9.30. The van der Waals surface area contributed by atoms with Crippen LogP contribution in [0, 0.1) is 0 Å². The molecule has 0 aliphatic heterocycles. The third-order valence-corrected chi connectivity index (χ3v) is 5.19. The van der Waals surface area contributed by atoms with Crippen LogP contribution in [0.25, 0.3) is 23.1 Å². The summed E-state index contributed by atoms with van der Waals surface area (Å²) in [6, 6.07) is 5.70. The molecule has 0 saturated carbocycles. The van der Waals surface area contributed by atoms with Gasteiger partial charge in [0.1, 0.15) is 11.9 Å². The number of nitrogens with zero attached hydrogens (tertiary/aromatic N) is 4. The van der Waals surface area contributed by atoms with E-state index in [1.54, 1.807) is 23.3 Å². The lowest BCUT2D eigenvalue weighted by molar-refractivity contribution is 0.227. The molecule has 0 aliphatic carbocycles. The van der Waals surface area contributed by atoms with Crippen LogP contribution in [0.1, 0.15) is 29.8 Å². The van der Waals surface area contributed by atoms with Crippen LogP contribution in [0.5, 0.6) is 5.75 Å². The van der Waals surface area contributed by atoms with Gasteiger partial charge in [0, 0.05) is 35.1 Å². The van der Waals surface area contributed by atoms with Gasteiger partial charge < -0.3 is 9.84 Å². The zero-order valence-corrected chi connectivity index (χ0v) is 17.6. The Bertz CT molecular complexity index is 1180. The first-order valence-corrected chi connectivity index (χ1v) is 10.1. The quantitative estimate of drug-likeness (QED) is 0.429. The minimum absolute atomic E-state index is 0.0476. The lowest BCUT2D eigenvalue weighted by atomic mass is 10.1. The van der Waals surface area contributed by atoms with Crippen LogP contribution in [-0.4, -0.2) is 36.7 Å². The molecule has 0 spiro atoms. The number of halogens is 2. The largest absolute Gasteiger partial charge is 0.486 e. The number of aromatic nitrogens is 5. The lowest BCUT2D eigenvalue weighted by Gasteiger charge is -2.17. The van der Waals surface area contributed by atoms with Gasteiger partial charge in [0.25, 0.3) is 0 Å². The fraction of sp³-hybridized carbons (Fsp3) is 0.190. The molecule has 3 heterocycles. The molecule has 3 aromatic heterocycles. The molecular formula is C21H19Cl2N5O2. The summed E-state index contributed by atoms with van der Waals surface area (Å²) in [5.41, 5.74) is 3.28. The van der Waals surface area contributed by atoms with Crippen LogP contribution in [0.3, 0.4) is 0 Å².